The number of hydrogen-bond donors (Lipinski definition) is 3. The van der Waals surface area contributed by atoms with Crippen molar-refractivity contribution in [3.63, 3.8) is 0 Å². The van der Waals surface area contributed by atoms with Gasteiger partial charge in [0, 0.05) is 13.1 Å². The topological polar surface area (TPSA) is 109 Å². The fourth-order valence-corrected chi connectivity index (χ4v) is 2.02. The Balaban J connectivity index is 0.00000288. The van der Waals surface area contributed by atoms with Gasteiger partial charge in [-0.3, -0.25) is 0 Å². The second-order valence-corrected chi connectivity index (χ2v) is 4.87. The van der Waals surface area contributed by atoms with Gasteiger partial charge in [-0.2, -0.15) is 4.99 Å². The van der Waals surface area contributed by atoms with Crippen LogP contribution in [0.4, 0.5) is 18.9 Å². The average Bonchev–Trinajstić information content (AvgIpc) is 2.86. The summed E-state index contributed by atoms with van der Waals surface area (Å²) < 4.78 is 39.9. The highest BCUT2D eigenvalue weighted by atomic mass is 35.5. The molecule has 7 nitrogen and oxygen atoms in total. The van der Waals surface area contributed by atoms with Crippen molar-refractivity contribution in [2.45, 2.75) is 18.9 Å². The summed E-state index contributed by atoms with van der Waals surface area (Å²) in [7, 11) is 0. The Bertz CT molecular complexity index is 607. The molecule has 2 rings (SSSR count). The number of aliphatic hydroxyl groups excluding tert-OH is 1. The van der Waals surface area contributed by atoms with Crippen LogP contribution in [0.2, 0.25) is 0 Å². The molecule has 24 heavy (non-hydrogen) atoms. The van der Waals surface area contributed by atoms with E-state index in [1.165, 1.54) is 12.1 Å². The van der Waals surface area contributed by atoms with Gasteiger partial charge in [-0.15, -0.1) is 25.6 Å². The molecule has 1 heterocycles. The predicted molar refractivity (Wildman–Crippen MR) is 85.5 cm³/mol. The highest BCUT2D eigenvalue weighted by Gasteiger charge is 2.30. The lowest BCUT2D eigenvalue weighted by Crippen LogP contribution is -2.37. The molecule has 0 spiro atoms. The van der Waals surface area contributed by atoms with Crippen LogP contribution in [-0.4, -0.2) is 47.5 Å². The molecule has 0 aromatic heterocycles. The van der Waals surface area contributed by atoms with Crippen LogP contribution in [0.3, 0.4) is 0 Å². The summed E-state index contributed by atoms with van der Waals surface area (Å²) in [5.41, 5.74) is 11.7. The van der Waals surface area contributed by atoms with Gasteiger partial charge in [0.15, 0.2) is 5.96 Å². The maximum Gasteiger partial charge on any atom is 0.573 e. The lowest BCUT2D eigenvalue weighted by molar-refractivity contribution is -0.274. The fraction of sp³-hybridized carbons (Fsp3) is 0.385. The monoisotopic (exact) mass is 367 g/mol. The van der Waals surface area contributed by atoms with Gasteiger partial charge in [-0.1, -0.05) is 0 Å². The minimum atomic E-state index is -4.75. The molecule has 1 atom stereocenters. The van der Waals surface area contributed by atoms with Crippen molar-refractivity contribution in [1.82, 2.24) is 4.90 Å². The van der Waals surface area contributed by atoms with E-state index in [1.807, 2.05) is 0 Å². The molecule has 1 aromatic carbocycles. The molecule has 0 bridgehead atoms. The number of nitrogens with zero attached hydrogens (tertiary/aromatic N) is 3. The molecular formula is C13H17ClF3N5O2. The maximum atomic E-state index is 12.0. The molecule has 0 unspecified atom stereocenters. The molecule has 0 aliphatic carbocycles. The number of rotatable bonds is 2. The van der Waals surface area contributed by atoms with Gasteiger partial charge in [-0.25, -0.2) is 4.99 Å². The van der Waals surface area contributed by atoms with Crippen molar-refractivity contribution in [1.29, 1.82) is 0 Å². The number of hydrogen-bond acceptors (Lipinski definition) is 3. The van der Waals surface area contributed by atoms with E-state index in [2.05, 4.69) is 14.7 Å². The van der Waals surface area contributed by atoms with Crippen LogP contribution >= 0.6 is 12.4 Å². The second-order valence-electron chi connectivity index (χ2n) is 4.87. The number of aliphatic hydroxyl groups is 1. The summed E-state index contributed by atoms with van der Waals surface area (Å²) in [6, 6.07) is 4.84. The number of alkyl halides is 3. The molecule has 0 saturated carbocycles. The Morgan fingerprint density at radius 1 is 1.25 bits per heavy atom. The largest absolute Gasteiger partial charge is 0.573 e. The van der Waals surface area contributed by atoms with Gasteiger partial charge < -0.3 is 26.2 Å². The van der Waals surface area contributed by atoms with Crippen LogP contribution < -0.4 is 16.2 Å². The Morgan fingerprint density at radius 3 is 2.38 bits per heavy atom. The molecule has 0 radical (unpaired) electrons. The van der Waals surface area contributed by atoms with E-state index in [9.17, 15) is 18.3 Å². The standard InChI is InChI=1S/C13H16F3N5O2.ClH/c14-13(15,16)23-10-3-1-8(2-4-10)19-11(17)20-12(18)21-6-5-9(22)7-21;/h1-4,9,22H,5-7H2,(H4,17,18,19,20);1H/t9-;/m0./s1. The summed E-state index contributed by atoms with van der Waals surface area (Å²) in [6.07, 6.45) is -4.61. The van der Waals surface area contributed by atoms with E-state index in [-0.39, 0.29) is 30.1 Å². The summed E-state index contributed by atoms with van der Waals surface area (Å²) in [5.74, 6) is -0.378. The number of likely N-dealkylation sites (tertiary alicyclic amines) is 1. The Morgan fingerprint density at radius 2 is 1.88 bits per heavy atom. The summed E-state index contributed by atoms with van der Waals surface area (Å²) in [6.45, 7) is 0.930. The first-order valence-electron chi connectivity index (χ1n) is 6.70. The zero-order valence-corrected chi connectivity index (χ0v) is 13.2. The van der Waals surface area contributed by atoms with Crippen LogP contribution in [0.5, 0.6) is 5.75 Å². The Kier molecular flexibility index (Phi) is 6.67. The van der Waals surface area contributed by atoms with Crippen molar-refractivity contribution in [2.24, 2.45) is 21.5 Å². The van der Waals surface area contributed by atoms with Gasteiger partial charge in [0.05, 0.1) is 11.8 Å². The number of aliphatic imine (C=N–C) groups is 2. The lowest BCUT2D eigenvalue weighted by Gasteiger charge is -2.15. The summed E-state index contributed by atoms with van der Waals surface area (Å²) >= 11 is 0. The lowest BCUT2D eigenvalue weighted by atomic mass is 10.3. The van der Waals surface area contributed by atoms with Crippen molar-refractivity contribution < 1.29 is 23.0 Å². The van der Waals surface area contributed by atoms with E-state index in [0.29, 0.717) is 25.2 Å². The number of halogens is 4. The fourth-order valence-electron chi connectivity index (χ4n) is 2.02. The van der Waals surface area contributed by atoms with Crippen LogP contribution in [0, 0.1) is 0 Å². The average molecular weight is 368 g/mol. The Labute approximate surface area is 142 Å². The minimum Gasteiger partial charge on any atom is -0.406 e. The van der Waals surface area contributed by atoms with Crippen LogP contribution in [0.1, 0.15) is 6.42 Å². The van der Waals surface area contributed by atoms with E-state index >= 15 is 0 Å². The first-order valence-corrected chi connectivity index (χ1v) is 6.70. The smallest absolute Gasteiger partial charge is 0.406 e. The van der Waals surface area contributed by atoms with Gasteiger partial charge in [0.25, 0.3) is 0 Å². The van der Waals surface area contributed by atoms with E-state index in [4.69, 9.17) is 11.5 Å². The quantitative estimate of drug-likeness (QED) is 0.539. The normalized spacial score (nSPS) is 19.2. The molecule has 5 N–H and O–H groups in total. The second kappa shape index (κ2) is 8.06. The van der Waals surface area contributed by atoms with E-state index < -0.39 is 12.5 Å². The molecule has 0 amide bonds. The van der Waals surface area contributed by atoms with Gasteiger partial charge >= 0.3 is 6.36 Å². The van der Waals surface area contributed by atoms with E-state index in [0.717, 1.165) is 12.1 Å². The zero-order valence-electron chi connectivity index (χ0n) is 12.4. The van der Waals surface area contributed by atoms with Gasteiger partial charge in [-0.05, 0) is 30.7 Å². The van der Waals surface area contributed by atoms with E-state index in [1.54, 1.807) is 4.90 Å². The molecule has 1 aliphatic rings. The Hall–Kier alpha value is -2.20. The third-order valence-corrected chi connectivity index (χ3v) is 3.03. The number of β-amino-alcohol motifs (C(OH)–C–C–N with tert-alkyl or cyclic N) is 1. The SMILES string of the molecule is Cl.NC(=Nc1ccc(OC(F)(F)F)cc1)N=C(N)N1CC[C@H](O)C1. The molecule has 11 heteroatoms. The number of guanidine groups is 2. The van der Waals surface area contributed by atoms with Gasteiger partial charge in [0.2, 0.25) is 5.96 Å². The highest BCUT2D eigenvalue weighted by molar-refractivity contribution is 5.94. The third kappa shape index (κ3) is 6.13. The highest BCUT2D eigenvalue weighted by Crippen LogP contribution is 2.24. The molecule has 1 aliphatic heterocycles. The zero-order chi connectivity index (χ0) is 17.0. The van der Waals surface area contributed by atoms with Crippen molar-refractivity contribution >= 4 is 30.0 Å². The van der Waals surface area contributed by atoms with Crippen LogP contribution in [-0.2, 0) is 0 Å². The number of ether oxygens (including phenoxy) is 1. The molecule has 1 saturated heterocycles. The molecule has 134 valence electrons. The van der Waals surface area contributed by atoms with Crippen molar-refractivity contribution in [3.8, 4) is 5.75 Å². The molecule has 1 fully saturated rings. The summed E-state index contributed by atoms with van der Waals surface area (Å²) in [5, 5.41) is 9.42. The summed E-state index contributed by atoms with van der Waals surface area (Å²) in [4.78, 5) is 9.48. The predicted octanol–water partition coefficient (Wildman–Crippen LogP) is 1.33. The third-order valence-electron chi connectivity index (χ3n) is 3.03. The van der Waals surface area contributed by atoms with Crippen molar-refractivity contribution in [3.05, 3.63) is 24.3 Å². The van der Waals surface area contributed by atoms with Crippen LogP contribution in [0.25, 0.3) is 0 Å². The first-order chi connectivity index (χ1) is 10.7. The maximum absolute atomic E-state index is 12.0. The minimum absolute atomic E-state index is 0. The molecular weight excluding hydrogens is 351 g/mol. The first kappa shape index (κ1) is 19.8. The molecule has 1 aromatic rings. The number of benzene rings is 1. The van der Waals surface area contributed by atoms with Gasteiger partial charge in [0.1, 0.15) is 5.75 Å². The van der Waals surface area contributed by atoms with Crippen molar-refractivity contribution in [2.75, 3.05) is 13.1 Å². The number of nitrogens with two attached hydrogens (primary N) is 2. The van der Waals surface area contributed by atoms with Crippen LogP contribution in [0.15, 0.2) is 34.3 Å².